The Morgan fingerprint density at radius 3 is 2.25 bits per heavy atom. The molecule has 0 aromatic rings. The molecular weight excluding hydrogens is 218 g/mol. The molecule has 0 saturated carbocycles. The Bertz CT molecular complexity index is 315. The molecular formula is C9H13NO6. The molecule has 1 amide bonds. The molecule has 1 fully saturated rings. The zero-order valence-corrected chi connectivity index (χ0v) is 8.67. The van der Waals surface area contributed by atoms with E-state index in [-0.39, 0.29) is 12.8 Å². The topological polar surface area (TPSA) is 113 Å². The standard InChI is InChI=1S/C9H13NO6/c1-4(8(12)13)10-7(11)5-2-3-6(16-5)9(14)15/h4-6H,2-3H2,1H3,(H,10,11)(H,12,13)(H,14,15)/t4-,5-,6+/m0/s1. The van der Waals surface area contributed by atoms with Gasteiger partial charge < -0.3 is 20.3 Å². The van der Waals surface area contributed by atoms with Crippen molar-refractivity contribution in [1.29, 1.82) is 0 Å². The molecule has 0 unspecified atom stereocenters. The molecule has 3 N–H and O–H groups in total. The van der Waals surface area contributed by atoms with Crippen LogP contribution in [0.5, 0.6) is 0 Å². The van der Waals surface area contributed by atoms with Gasteiger partial charge in [-0.25, -0.2) is 4.79 Å². The molecule has 0 spiro atoms. The van der Waals surface area contributed by atoms with Gasteiger partial charge in [0.2, 0.25) is 5.91 Å². The van der Waals surface area contributed by atoms with Crippen LogP contribution in [0.15, 0.2) is 0 Å². The molecule has 1 heterocycles. The van der Waals surface area contributed by atoms with Gasteiger partial charge in [-0.3, -0.25) is 9.59 Å². The predicted octanol–water partition coefficient (Wildman–Crippen LogP) is -0.792. The van der Waals surface area contributed by atoms with Gasteiger partial charge in [0.05, 0.1) is 0 Å². The van der Waals surface area contributed by atoms with Crippen molar-refractivity contribution in [2.45, 2.75) is 38.0 Å². The maximum atomic E-state index is 11.4. The van der Waals surface area contributed by atoms with Gasteiger partial charge >= 0.3 is 11.9 Å². The highest BCUT2D eigenvalue weighted by atomic mass is 16.5. The molecule has 1 aliphatic heterocycles. The van der Waals surface area contributed by atoms with Gasteiger partial charge in [-0.2, -0.15) is 0 Å². The third-order valence-corrected chi connectivity index (χ3v) is 2.32. The molecule has 0 bridgehead atoms. The quantitative estimate of drug-likeness (QED) is 0.584. The van der Waals surface area contributed by atoms with Gasteiger partial charge in [0.15, 0.2) is 6.10 Å². The number of carbonyl (C=O) groups is 3. The summed E-state index contributed by atoms with van der Waals surface area (Å²) in [5.41, 5.74) is 0. The van der Waals surface area contributed by atoms with E-state index in [1.54, 1.807) is 0 Å². The highest BCUT2D eigenvalue weighted by molar-refractivity contribution is 5.86. The molecule has 7 heteroatoms. The first-order valence-corrected chi connectivity index (χ1v) is 4.83. The van der Waals surface area contributed by atoms with Gasteiger partial charge in [-0.15, -0.1) is 0 Å². The fourth-order valence-corrected chi connectivity index (χ4v) is 1.38. The number of carbonyl (C=O) groups excluding carboxylic acids is 1. The number of amides is 1. The van der Waals surface area contributed by atoms with Gasteiger partial charge in [0, 0.05) is 0 Å². The first-order chi connectivity index (χ1) is 7.41. The fraction of sp³-hybridized carbons (Fsp3) is 0.667. The van der Waals surface area contributed by atoms with E-state index < -0.39 is 36.1 Å². The highest BCUT2D eigenvalue weighted by Crippen LogP contribution is 2.19. The minimum atomic E-state index is -1.15. The normalized spacial score (nSPS) is 26.1. The van der Waals surface area contributed by atoms with Crippen LogP contribution in [-0.4, -0.2) is 46.3 Å². The number of ether oxygens (including phenoxy) is 1. The molecule has 3 atom stereocenters. The molecule has 0 radical (unpaired) electrons. The number of rotatable bonds is 4. The van der Waals surface area contributed by atoms with Crippen molar-refractivity contribution in [3.8, 4) is 0 Å². The maximum absolute atomic E-state index is 11.4. The zero-order chi connectivity index (χ0) is 12.3. The highest BCUT2D eigenvalue weighted by Gasteiger charge is 2.35. The fourth-order valence-electron chi connectivity index (χ4n) is 1.38. The molecule has 0 aromatic heterocycles. The summed E-state index contributed by atoms with van der Waals surface area (Å²) >= 11 is 0. The smallest absolute Gasteiger partial charge is 0.332 e. The summed E-state index contributed by atoms with van der Waals surface area (Å²) < 4.78 is 4.96. The molecule has 90 valence electrons. The monoisotopic (exact) mass is 231 g/mol. The van der Waals surface area contributed by atoms with Crippen LogP contribution in [-0.2, 0) is 19.1 Å². The lowest BCUT2D eigenvalue weighted by atomic mass is 10.2. The van der Waals surface area contributed by atoms with E-state index >= 15 is 0 Å². The van der Waals surface area contributed by atoms with Crippen LogP contribution in [0, 0.1) is 0 Å². The van der Waals surface area contributed by atoms with Crippen LogP contribution in [0.4, 0.5) is 0 Å². The zero-order valence-electron chi connectivity index (χ0n) is 8.67. The number of carboxylic acid groups (broad SMARTS) is 2. The second-order valence-electron chi connectivity index (χ2n) is 3.60. The van der Waals surface area contributed by atoms with E-state index in [0.29, 0.717) is 0 Å². The summed E-state index contributed by atoms with van der Waals surface area (Å²) in [7, 11) is 0. The third-order valence-electron chi connectivity index (χ3n) is 2.32. The van der Waals surface area contributed by atoms with Gasteiger partial charge in [-0.05, 0) is 19.8 Å². The average molecular weight is 231 g/mol. The molecule has 0 aliphatic carbocycles. The van der Waals surface area contributed by atoms with Crippen molar-refractivity contribution in [1.82, 2.24) is 5.32 Å². The van der Waals surface area contributed by atoms with E-state index in [1.807, 2.05) is 0 Å². The van der Waals surface area contributed by atoms with Crippen molar-refractivity contribution < 1.29 is 29.3 Å². The maximum Gasteiger partial charge on any atom is 0.332 e. The Morgan fingerprint density at radius 2 is 1.81 bits per heavy atom. The van der Waals surface area contributed by atoms with Crippen molar-refractivity contribution >= 4 is 17.8 Å². The molecule has 7 nitrogen and oxygen atoms in total. The van der Waals surface area contributed by atoms with E-state index in [1.165, 1.54) is 6.92 Å². The molecule has 1 rings (SSSR count). The van der Waals surface area contributed by atoms with Crippen LogP contribution in [0.3, 0.4) is 0 Å². The Hall–Kier alpha value is -1.63. The number of aliphatic carboxylic acids is 2. The summed E-state index contributed by atoms with van der Waals surface area (Å²) in [6.07, 6.45) is -1.30. The van der Waals surface area contributed by atoms with E-state index in [4.69, 9.17) is 14.9 Å². The number of hydrogen-bond donors (Lipinski definition) is 3. The number of carboxylic acids is 2. The first kappa shape index (κ1) is 12.4. The average Bonchev–Trinajstić information content (AvgIpc) is 2.65. The summed E-state index contributed by atoms with van der Waals surface area (Å²) in [5.74, 6) is -2.85. The number of hydrogen-bond acceptors (Lipinski definition) is 4. The minimum Gasteiger partial charge on any atom is -0.480 e. The van der Waals surface area contributed by atoms with Gasteiger partial charge in [0.1, 0.15) is 12.1 Å². The Morgan fingerprint density at radius 1 is 1.25 bits per heavy atom. The van der Waals surface area contributed by atoms with Crippen LogP contribution < -0.4 is 5.32 Å². The summed E-state index contributed by atoms with van der Waals surface area (Å²) in [4.78, 5) is 32.5. The summed E-state index contributed by atoms with van der Waals surface area (Å²) in [6, 6.07) is -1.01. The lowest BCUT2D eigenvalue weighted by molar-refractivity contribution is -0.153. The minimum absolute atomic E-state index is 0.259. The summed E-state index contributed by atoms with van der Waals surface area (Å²) in [6.45, 7) is 1.32. The molecule has 1 saturated heterocycles. The van der Waals surface area contributed by atoms with E-state index in [2.05, 4.69) is 5.32 Å². The van der Waals surface area contributed by atoms with Gasteiger partial charge in [-0.1, -0.05) is 0 Å². The number of nitrogens with one attached hydrogen (secondary N) is 1. The second-order valence-corrected chi connectivity index (χ2v) is 3.60. The lowest BCUT2D eigenvalue weighted by Gasteiger charge is -2.14. The summed E-state index contributed by atoms with van der Waals surface area (Å²) in [5, 5.41) is 19.4. The second kappa shape index (κ2) is 4.93. The van der Waals surface area contributed by atoms with E-state index in [0.717, 1.165) is 0 Å². The Labute approximate surface area is 91.4 Å². The predicted molar refractivity (Wildman–Crippen MR) is 50.8 cm³/mol. The largest absolute Gasteiger partial charge is 0.480 e. The first-order valence-electron chi connectivity index (χ1n) is 4.83. The molecule has 0 aromatic carbocycles. The van der Waals surface area contributed by atoms with E-state index in [9.17, 15) is 14.4 Å². The lowest BCUT2D eigenvalue weighted by Crippen LogP contribution is -2.44. The molecule has 1 aliphatic rings. The van der Waals surface area contributed by atoms with Crippen LogP contribution in [0.25, 0.3) is 0 Å². The van der Waals surface area contributed by atoms with Crippen molar-refractivity contribution in [2.24, 2.45) is 0 Å². The Kier molecular flexibility index (Phi) is 3.83. The Balaban J connectivity index is 2.45. The van der Waals surface area contributed by atoms with Crippen molar-refractivity contribution in [2.75, 3.05) is 0 Å². The van der Waals surface area contributed by atoms with Crippen LogP contribution in [0.1, 0.15) is 19.8 Å². The van der Waals surface area contributed by atoms with Gasteiger partial charge in [0.25, 0.3) is 0 Å². The van der Waals surface area contributed by atoms with Crippen LogP contribution in [0.2, 0.25) is 0 Å². The van der Waals surface area contributed by atoms with Crippen molar-refractivity contribution in [3.63, 3.8) is 0 Å². The third kappa shape index (κ3) is 2.93. The van der Waals surface area contributed by atoms with Crippen LogP contribution >= 0.6 is 0 Å². The molecule has 16 heavy (non-hydrogen) atoms. The van der Waals surface area contributed by atoms with Crippen molar-refractivity contribution in [3.05, 3.63) is 0 Å². The SMILES string of the molecule is C[C@H](NC(=O)[C@@H]1CC[C@H](C(=O)O)O1)C(=O)O.